The lowest BCUT2D eigenvalue weighted by Crippen LogP contribution is -2.47. The highest BCUT2D eigenvalue weighted by atomic mass is 35.5. The second-order valence-electron chi connectivity index (χ2n) is 4.86. The van der Waals surface area contributed by atoms with Crippen molar-refractivity contribution < 1.29 is 9.53 Å². The Morgan fingerprint density at radius 3 is 2.61 bits per heavy atom. The number of carbonyl (C=O) groups excluding carboxylic acids is 1. The lowest BCUT2D eigenvalue weighted by Gasteiger charge is -2.30. The Balaban J connectivity index is 0.00000289. The normalized spacial score (nSPS) is 17.9. The zero-order valence-corrected chi connectivity index (χ0v) is 12.1. The van der Waals surface area contributed by atoms with E-state index in [4.69, 9.17) is 10.5 Å². The lowest BCUT2D eigenvalue weighted by atomic mass is 9.84. The Bertz CT molecular complexity index is 221. The molecule has 5 heteroatoms. The van der Waals surface area contributed by atoms with Crippen LogP contribution in [0, 0.1) is 5.92 Å². The molecule has 0 radical (unpaired) electrons. The molecule has 0 aromatic carbocycles. The SMILES string of the molecule is CCCOCC(=O)NC(CN)C1CCCCC1.Cl. The molecule has 0 aromatic rings. The van der Waals surface area contributed by atoms with Gasteiger partial charge in [0, 0.05) is 19.2 Å². The summed E-state index contributed by atoms with van der Waals surface area (Å²) < 4.78 is 5.22. The molecule has 3 N–H and O–H groups in total. The number of nitrogens with two attached hydrogens (primary N) is 1. The number of halogens is 1. The van der Waals surface area contributed by atoms with Crippen molar-refractivity contribution in [2.75, 3.05) is 19.8 Å². The van der Waals surface area contributed by atoms with E-state index >= 15 is 0 Å². The highest BCUT2D eigenvalue weighted by molar-refractivity contribution is 5.85. The largest absolute Gasteiger partial charge is 0.372 e. The summed E-state index contributed by atoms with van der Waals surface area (Å²) in [5.41, 5.74) is 5.75. The van der Waals surface area contributed by atoms with Crippen LogP contribution in [0.2, 0.25) is 0 Å². The Hall–Kier alpha value is -0.320. The van der Waals surface area contributed by atoms with Gasteiger partial charge in [0.2, 0.25) is 5.91 Å². The molecule has 0 bridgehead atoms. The lowest BCUT2D eigenvalue weighted by molar-refractivity contribution is -0.126. The fourth-order valence-electron chi connectivity index (χ4n) is 2.46. The molecular weight excluding hydrogens is 252 g/mol. The first kappa shape index (κ1) is 17.7. The summed E-state index contributed by atoms with van der Waals surface area (Å²) in [5, 5.41) is 3.01. The third-order valence-corrected chi connectivity index (χ3v) is 3.40. The van der Waals surface area contributed by atoms with E-state index in [0.717, 1.165) is 6.42 Å². The van der Waals surface area contributed by atoms with E-state index in [9.17, 15) is 4.79 Å². The van der Waals surface area contributed by atoms with E-state index in [0.29, 0.717) is 19.1 Å². The van der Waals surface area contributed by atoms with Gasteiger partial charge in [-0.25, -0.2) is 0 Å². The van der Waals surface area contributed by atoms with Crippen LogP contribution in [0.3, 0.4) is 0 Å². The summed E-state index contributed by atoms with van der Waals surface area (Å²) in [4.78, 5) is 11.6. The molecule has 4 nitrogen and oxygen atoms in total. The van der Waals surface area contributed by atoms with Gasteiger partial charge in [0.15, 0.2) is 0 Å². The van der Waals surface area contributed by atoms with Gasteiger partial charge in [-0.2, -0.15) is 0 Å². The van der Waals surface area contributed by atoms with Gasteiger partial charge in [-0.1, -0.05) is 26.2 Å². The van der Waals surface area contributed by atoms with Gasteiger partial charge in [0.1, 0.15) is 6.61 Å². The number of carbonyl (C=O) groups is 1. The number of rotatable bonds is 7. The average Bonchev–Trinajstić information content (AvgIpc) is 2.37. The minimum absolute atomic E-state index is 0. The second kappa shape index (κ2) is 10.6. The molecule has 1 rings (SSSR count). The summed E-state index contributed by atoms with van der Waals surface area (Å²) in [6.07, 6.45) is 7.18. The molecule has 108 valence electrons. The molecule has 1 aliphatic carbocycles. The van der Waals surface area contributed by atoms with Crippen molar-refractivity contribution in [2.45, 2.75) is 51.5 Å². The van der Waals surface area contributed by atoms with Crippen molar-refractivity contribution >= 4 is 18.3 Å². The molecule has 0 aliphatic heterocycles. The Morgan fingerprint density at radius 2 is 2.06 bits per heavy atom. The van der Waals surface area contributed by atoms with Gasteiger partial charge in [-0.3, -0.25) is 4.79 Å². The maximum absolute atomic E-state index is 11.6. The maximum atomic E-state index is 11.6. The first-order valence-electron chi connectivity index (χ1n) is 6.85. The van der Waals surface area contributed by atoms with E-state index < -0.39 is 0 Å². The highest BCUT2D eigenvalue weighted by Crippen LogP contribution is 2.26. The molecule has 1 aliphatic rings. The van der Waals surface area contributed by atoms with Gasteiger partial charge < -0.3 is 15.8 Å². The zero-order valence-electron chi connectivity index (χ0n) is 11.3. The fourth-order valence-corrected chi connectivity index (χ4v) is 2.46. The highest BCUT2D eigenvalue weighted by Gasteiger charge is 2.23. The number of hydrogen-bond donors (Lipinski definition) is 2. The van der Waals surface area contributed by atoms with Crippen LogP contribution in [0.5, 0.6) is 0 Å². The minimum Gasteiger partial charge on any atom is -0.372 e. The number of hydrogen-bond acceptors (Lipinski definition) is 3. The monoisotopic (exact) mass is 278 g/mol. The number of ether oxygens (including phenoxy) is 1. The van der Waals surface area contributed by atoms with Crippen LogP contribution in [-0.2, 0) is 9.53 Å². The molecule has 18 heavy (non-hydrogen) atoms. The van der Waals surface area contributed by atoms with Gasteiger partial charge in [0.25, 0.3) is 0 Å². The standard InChI is InChI=1S/C13H26N2O2.ClH/c1-2-8-17-10-13(16)15-12(9-14)11-6-4-3-5-7-11;/h11-12H,2-10,14H2,1H3,(H,15,16);1H. The molecule has 0 spiro atoms. The smallest absolute Gasteiger partial charge is 0.246 e. The molecule has 1 saturated carbocycles. The molecule has 0 aromatic heterocycles. The minimum atomic E-state index is -0.0283. The maximum Gasteiger partial charge on any atom is 0.246 e. The molecule has 1 atom stereocenters. The summed E-state index contributed by atoms with van der Waals surface area (Å²) in [6.45, 7) is 3.37. The van der Waals surface area contributed by atoms with E-state index in [-0.39, 0.29) is 31.0 Å². The molecule has 0 saturated heterocycles. The van der Waals surface area contributed by atoms with E-state index in [1.54, 1.807) is 0 Å². The van der Waals surface area contributed by atoms with Gasteiger partial charge >= 0.3 is 0 Å². The Kier molecular flexibility index (Phi) is 10.4. The third-order valence-electron chi connectivity index (χ3n) is 3.40. The van der Waals surface area contributed by atoms with Gasteiger partial charge in [-0.15, -0.1) is 12.4 Å². The van der Waals surface area contributed by atoms with Crippen LogP contribution in [0.1, 0.15) is 45.4 Å². The third kappa shape index (κ3) is 6.57. The summed E-state index contributed by atoms with van der Waals surface area (Å²) in [7, 11) is 0. The molecule has 0 heterocycles. The van der Waals surface area contributed by atoms with Crippen molar-refractivity contribution in [2.24, 2.45) is 11.7 Å². The van der Waals surface area contributed by atoms with Crippen LogP contribution < -0.4 is 11.1 Å². The van der Waals surface area contributed by atoms with Crippen molar-refractivity contribution in [1.29, 1.82) is 0 Å². The number of nitrogens with one attached hydrogen (secondary N) is 1. The van der Waals surface area contributed by atoms with Crippen LogP contribution in [-0.4, -0.2) is 31.7 Å². The molecule has 1 amide bonds. The predicted molar refractivity (Wildman–Crippen MR) is 75.9 cm³/mol. The van der Waals surface area contributed by atoms with Crippen molar-refractivity contribution in [3.8, 4) is 0 Å². The summed E-state index contributed by atoms with van der Waals surface area (Å²) >= 11 is 0. The quantitative estimate of drug-likeness (QED) is 0.699. The first-order chi connectivity index (χ1) is 8.27. The van der Waals surface area contributed by atoms with Crippen LogP contribution in [0.25, 0.3) is 0 Å². The Labute approximate surface area is 116 Å². The van der Waals surface area contributed by atoms with E-state index in [2.05, 4.69) is 5.32 Å². The van der Waals surface area contributed by atoms with Gasteiger partial charge in [-0.05, 0) is 25.2 Å². The fraction of sp³-hybridized carbons (Fsp3) is 0.923. The average molecular weight is 279 g/mol. The molecule has 1 fully saturated rings. The van der Waals surface area contributed by atoms with Crippen LogP contribution in [0.15, 0.2) is 0 Å². The van der Waals surface area contributed by atoms with Crippen LogP contribution in [0.4, 0.5) is 0 Å². The predicted octanol–water partition coefficient (Wildman–Crippen LogP) is 1.86. The molecular formula is C13H27ClN2O2. The summed E-state index contributed by atoms with van der Waals surface area (Å²) in [6, 6.07) is 0.132. The number of amides is 1. The topological polar surface area (TPSA) is 64.3 Å². The zero-order chi connectivity index (χ0) is 12.5. The van der Waals surface area contributed by atoms with Crippen molar-refractivity contribution in [1.82, 2.24) is 5.32 Å². The Morgan fingerprint density at radius 1 is 1.39 bits per heavy atom. The first-order valence-corrected chi connectivity index (χ1v) is 6.85. The second-order valence-corrected chi connectivity index (χ2v) is 4.86. The van der Waals surface area contributed by atoms with Crippen molar-refractivity contribution in [3.63, 3.8) is 0 Å². The van der Waals surface area contributed by atoms with E-state index in [1.165, 1.54) is 32.1 Å². The van der Waals surface area contributed by atoms with Crippen LogP contribution >= 0.6 is 12.4 Å². The van der Waals surface area contributed by atoms with Crippen molar-refractivity contribution in [3.05, 3.63) is 0 Å². The van der Waals surface area contributed by atoms with Gasteiger partial charge in [0.05, 0.1) is 0 Å². The molecule has 1 unspecified atom stereocenters. The van der Waals surface area contributed by atoms with E-state index in [1.807, 2.05) is 6.92 Å². The summed E-state index contributed by atoms with van der Waals surface area (Å²) in [5.74, 6) is 0.531.